The maximum absolute atomic E-state index is 13.6. The number of carboxylic acid groups (broad SMARTS) is 1. The Hall–Kier alpha value is -1.85. The second kappa shape index (κ2) is 5.42. The van der Waals surface area contributed by atoms with Crippen LogP contribution in [0, 0.1) is 5.82 Å². The van der Waals surface area contributed by atoms with Crippen molar-refractivity contribution in [3.05, 3.63) is 51.9 Å². The molecule has 0 saturated heterocycles. The van der Waals surface area contributed by atoms with E-state index in [-0.39, 0.29) is 27.1 Å². The molecule has 0 fully saturated rings. The summed E-state index contributed by atoms with van der Waals surface area (Å²) in [4.78, 5) is 14.8. The van der Waals surface area contributed by atoms with Crippen molar-refractivity contribution < 1.29 is 14.3 Å². The highest BCUT2D eigenvalue weighted by Crippen LogP contribution is 2.24. The van der Waals surface area contributed by atoms with E-state index in [1.54, 1.807) is 0 Å². The number of benzene rings is 1. The Morgan fingerprint density at radius 1 is 1.32 bits per heavy atom. The molecule has 0 aliphatic carbocycles. The summed E-state index contributed by atoms with van der Waals surface area (Å²) in [5.74, 6) is -1.59. The van der Waals surface area contributed by atoms with Crippen LogP contribution in [-0.4, -0.2) is 16.1 Å². The minimum Gasteiger partial charge on any atom is -0.478 e. The maximum Gasteiger partial charge on any atom is 0.337 e. The summed E-state index contributed by atoms with van der Waals surface area (Å²) >= 11 is 11.3. The predicted molar refractivity (Wildman–Crippen MR) is 70.9 cm³/mol. The summed E-state index contributed by atoms with van der Waals surface area (Å²) in [5, 5.41) is 11.8. The van der Waals surface area contributed by atoms with Gasteiger partial charge in [0.05, 0.1) is 16.3 Å². The number of carboxylic acids is 1. The molecule has 2 aromatic rings. The molecule has 0 aliphatic heterocycles. The van der Waals surface area contributed by atoms with Gasteiger partial charge in [-0.2, -0.15) is 0 Å². The van der Waals surface area contributed by atoms with E-state index in [0.29, 0.717) is 0 Å². The van der Waals surface area contributed by atoms with Gasteiger partial charge < -0.3 is 10.4 Å². The normalized spacial score (nSPS) is 10.3. The van der Waals surface area contributed by atoms with E-state index >= 15 is 0 Å². The van der Waals surface area contributed by atoms with E-state index in [2.05, 4.69) is 10.3 Å². The summed E-state index contributed by atoms with van der Waals surface area (Å²) in [6.07, 6.45) is 1.18. The zero-order valence-corrected chi connectivity index (χ0v) is 10.8. The Kier molecular flexibility index (Phi) is 3.87. The van der Waals surface area contributed by atoms with E-state index in [1.807, 2.05) is 0 Å². The summed E-state index contributed by atoms with van der Waals surface area (Å²) in [6, 6.07) is 5.28. The highest BCUT2D eigenvalue weighted by atomic mass is 35.5. The molecule has 0 bridgehead atoms. The van der Waals surface area contributed by atoms with Gasteiger partial charge in [0.15, 0.2) is 0 Å². The highest BCUT2D eigenvalue weighted by Gasteiger charge is 2.11. The molecular weight excluding hydrogens is 294 g/mol. The molecule has 98 valence electrons. The van der Waals surface area contributed by atoms with Crippen LogP contribution in [0.3, 0.4) is 0 Å². The molecule has 0 saturated carbocycles. The van der Waals surface area contributed by atoms with E-state index < -0.39 is 11.8 Å². The highest BCUT2D eigenvalue weighted by molar-refractivity contribution is 6.33. The lowest BCUT2D eigenvalue weighted by Crippen LogP contribution is -2.02. The first-order valence-corrected chi connectivity index (χ1v) is 5.84. The lowest BCUT2D eigenvalue weighted by atomic mass is 10.2. The molecular formula is C12H7Cl2FN2O2. The van der Waals surface area contributed by atoms with Crippen molar-refractivity contribution in [3.63, 3.8) is 0 Å². The van der Waals surface area contributed by atoms with Crippen molar-refractivity contribution in [1.82, 2.24) is 4.98 Å². The van der Waals surface area contributed by atoms with Crippen molar-refractivity contribution >= 4 is 40.7 Å². The van der Waals surface area contributed by atoms with Crippen LogP contribution in [0.25, 0.3) is 0 Å². The minimum absolute atomic E-state index is 0.00891. The lowest BCUT2D eigenvalue weighted by molar-refractivity contribution is 0.0697. The largest absolute Gasteiger partial charge is 0.478 e. The van der Waals surface area contributed by atoms with Gasteiger partial charge >= 0.3 is 5.97 Å². The molecule has 4 nitrogen and oxygen atoms in total. The number of rotatable bonds is 3. The number of nitrogens with one attached hydrogen (secondary N) is 1. The average Bonchev–Trinajstić information content (AvgIpc) is 2.34. The second-order valence-electron chi connectivity index (χ2n) is 3.60. The smallest absolute Gasteiger partial charge is 0.337 e. The molecule has 0 atom stereocenters. The molecule has 0 unspecified atom stereocenters. The van der Waals surface area contributed by atoms with Crippen LogP contribution in [0.15, 0.2) is 30.5 Å². The van der Waals surface area contributed by atoms with E-state index in [1.165, 1.54) is 24.4 Å². The van der Waals surface area contributed by atoms with Crippen LogP contribution in [-0.2, 0) is 0 Å². The van der Waals surface area contributed by atoms with Crippen LogP contribution in [0.1, 0.15) is 10.4 Å². The Balaban J connectivity index is 2.33. The number of aromatic nitrogens is 1. The number of nitrogens with zero attached hydrogens (tertiary/aromatic N) is 1. The number of anilines is 2. The fourth-order valence-corrected chi connectivity index (χ4v) is 1.74. The van der Waals surface area contributed by atoms with Gasteiger partial charge in [-0.3, -0.25) is 0 Å². The SMILES string of the molecule is O=C(O)c1cc(Nc2ccc(Cl)cc2F)ncc1Cl. The average molecular weight is 301 g/mol. The third kappa shape index (κ3) is 3.13. The fourth-order valence-electron chi connectivity index (χ4n) is 1.40. The number of hydrogen-bond donors (Lipinski definition) is 2. The van der Waals surface area contributed by atoms with Gasteiger partial charge in [-0.1, -0.05) is 23.2 Å². The first kappa shape index (κ1) is 13.6. The Labute approximate surface area is 117 Å². The number of carbonyl (C=O) groups is 1. The summed E-state index contributed by atoms with van der Waals surface area (Å²) in [5.41, 5.74) is 0.0177. The maximum atomic E-state index is 13.6. The van der Waals surface area contributed by atoms with Crippen LogP contribution < -0.4 is 5.32 Å². The van der Waals surface area contributed by atoms with Gasteiger partial charge in [0.25, 0.3) is 0 Å². The standard InChI is InChI=1S/C12H7Cl2FN2O2/c13-6-1-2-10(9(15)3-6)17-11-4-7(12(18)19)8(14)5-16-11/h1-5H,(H,16,17)(H,18,19). The number of aromatic carboxylic acids is 1. The van der Waals surface area contributed by atoms with Crippen molar-refractivity contribution in [2.45, 2.75) is 0 Å². The molecule has 7 heteroatoms. The molecule has 0 radical (unpaired) electrons. The van der Waals surface area contributed by atoms with Crippen molar-refractivity contribution in [1.29, 1.82) is 0 Å². The predicted octanol–water partition coefficient (Wildman–Crippen LogP) is 3.97. The van der Waals surface area contributed by atoms with Crippen LogP contribution in [0.4, 0.5) is 15.9 Å². The molecule has 2 N–H and O–H groups in total. The van der Waals surface area contributed by atoms with Crippen molar-refractivity contribution in [2.24, 2.45) is 0 Å². The van der Waals surface area contributed by atoms with Crippen LogP contribution in [0.5, 0.6) is 0 Å². The van der Waals surface area contributed by atoms with Crippen molar-refractivity contribution in [3.8, 4) is 0 Å². The monoisotopic (exact) mass is 300 g/mol. The summed E-state index contributed by atoms with van der Waals surface area (Å²) in [7, 11) is 0. The zero-order chi connectivity index (χ0) is 14.0. The van der Waals surface area contributed by atoms with E-state index in [0.717, 1.165) is 6.07 Å². The van der Waals surface area contributed by atoms with Crippen LogP contribution >= 0.6 is 23.2 Å². The molecule has 2 rings (SSSR count). The molecule has 19 heavy (non-hydrogen) atoms. The quantitative estimate of drug-likeness (QED) is 0.900. The third-order valence-corrected chi connectivity index (χ3v) is 2.82. The number of pyridine rings is 1. The van der Waals surface area contributed by atoms with Crippen molar-refractivity contribution in [2.75, 3.05) is 5.32 Å². The van der Waals surface area contributed by atoms with Gasteiger partial charge in [-0.25, -0.2) is 14.2 Å². The first-order valence-electron chi connectivity index (χ1n) is 5.08. The van der Waals surface area contributed by atoms with Gasteiger partial charge in [-0.15, -0.1) is 0 Å². The fraction of sp³-hybridized carbons (Fsp3) is 0. The Bertz CT molecular complexity index is 650. The summed E-state index contributed by atoms with van der Waals surface area (Å²) in [6.45, 7) is 0. The van der Waals surface area contributed by atoms with E-state index in [4.69, 9.17) is 28.3 Å². The molecule has 0 aliphatic rings. The molecule has 1 aromatic carbocycles. The second-order valence-corrected chi connectivity index (χ2v) is 4.45. The van der Waals surface area contributed by atoms with Gasteiger partial charge in [-0.05, 0) is 24.3 Å². The Morgan fingerprint density at radius 3 is 2.68 bits per heavy atom. The van der Waals surface area contributed by atoms with Gasteiger partial charge in [0.2, 0.25) is 0 Å². The topological polar surface area (TPSA) is 62.2 Å². The third-order valence-electron chi connectivity index (χ3n) is 2.28. The molecule has 1 heterocycles. The minimum atomic E-state index is -1.19. The zero-order valence-electron chi connectivity index (χ0n) is 9.32. The molecule has 1 aromatic heterocycles. The first-order chi connectivity index (χ1) is 8.97. The summed E-state index contributed by atoms with van der Waals surface area (Å²) < 4.78 is 13.6. The number of hydrogen-bond acceptors (Lipinski definition) is 3. The van der Waals surface area contributed by atoms with Crippen LogP contribution in [0.2, 0.25) is 10.0 Å². The number of halogens is 3. The van der Waals surface area contributed by atoms with Gasteiger partial charge in [0, 0.05) is 11.2 Å². The molecule has 0 amide bonds. The van der Waals surface area contributed by atoms with Gasteiger partial charge in [0.1, 0.15) is 11.6 Å². The molecule has 0 spiro atoms. The van der Waals surface area contributed by atoms with E-state index in [9.17, 15) is 9.18 Å². The Morgan fingerprint density at radius 2 is 2.05 bits per heavy atom. The lowest BCUT2D eigenvalue weighted by Gasteiger charge is -2.08.